The maximum atomic E-state index is 12.2. The molecular formula is C22H23N3O4. The van der Waals surface area contributed by atoms with Gasteiger partial charge in [-0.2, -0.15) is 0 Å². The number of hydrogen-bond donors (Lipinski definition) is 2. The second-order valence-corrected chi connectivity index (χ2v) is 7.22. The van der Waals surface area contributed by atoms with Crippen LogP contribution in [-0.4, -0.2) is 57.8 Å². The van der Waals surface area contributed by atoms with E-state index >= 15 is 0 Å². The van der Waals surface area contributed by atoms with E-state index < -0.39 is 18.0 Å². The van der Waals surface area contributed by atoms with Crippen LogP contribution in [0.5, 0.6) is 0 Å². The molecular weight excluding hydrogens is 370 g/mol. The van der Waals surface area contributed by atoms with Gasteiger partial charge in [-0.1, -0.05) is 36.4 Å². The largest absolute Gasteiger partial charge is 0.480 e. The number of para-hydroxylation sites is 2. The average molecular weight is 393 g/mol. The maximum absolute atomic E-state index is 12.2. The molecule has 2 N–H and O–H groups in total. The molecule has 0 amide bonds. The molecule has 2 aromatic carbocycles. The number of hydrogen-bond acceptors (Lipinski definition) is 4. The number of fused-ring (bicyclic) bond motifs is 1. The van der Waals surface area contributed by atoms with Crippen molar-refractivity contribution in [3.8, 4) is 0 Å². The summed E-state index contributed by atoms with van der Waals surface area (Å²) in [7, 11) is 0. The lowest BCUT2D eigenvalue weighted by Crippen LogP contribution is -2.49. The average Bonchev–Trinajstić information content (AvgIpc) is 3.07. The van der Waals surface area contributed by atoms with Crippen LogP contribution in [0, 0.1) is 0 Å². The third kappa shape index (κ3) is 3.82. The molecule has 1 aliphatic heterocycles. The van der Waals surface area contributed by atoms with E-state index in [1.165, 1.54) is 0 Å². The van der Waals surface area contributed by atoms with Crippen molar-refractivity contribution in [1.29, 1.82) is 0 Å². The number of aliphatic carboxylic acids is 2. The highest BCUT2D eigenvalue weighted by Crippen LogP contribution is 2.32. The Bertz CT molecular complexity index is 1020. The predicted octanol–water partition coefficient (Wildman–Crippen LogP) is 2.67. The van der Waals surface area contributed by atoms with Crippen molar-refractivity contribution < 1.29 is 19.8 Å². The minimum Gasteiger partial charge on any atom is -0.480 e. The predicted molar refractivity (Wildman–Crippen MR) is 110 cm³/mol. The monoisotopic (exact) mass is 393 g/mol. The quantitative estimate of drug-likeness (QED) is 0.670. The Morgan fingerprint density at radius 2 is 1.55 bits per heavy atom. The molecule has 4 rings (SSSR count). The smallest absolute Gasteiger partial charge is 0.325 e. The minimum absolute atomic E-state index is 0.200. The third-order valence-electron chi connectivity index (χ3n) is 5.45. The highest BCUT2D eigenvalue weighted by Gasteiger charge is 2.32. The Hall–Kier alpha value is -3.32. The molecule has 1 aromatic heterocycles. The summed E-state index contributed by atoms with van der Waals surface area (Å²) in [5, 5.41) is 20.0. The van der Waals surface area contributed by atoms with Gasteiger partial charge in [0, 0.05) is 54.5 Å². The third-order valence-corrected chi connectivity index (χ3v) is 5.45. The van der Waals surface area contributed by atoms with Gasteiger partial charge in [0.25, 0.3) is 0 Å². The topological polar surface area (TPSA) is 86.0 Å². The zero-order valence-electron chi connectivity index (χ0n) is 15.9. The van der Waals surface area contributed by atoms with E-state index in [4.69, 9.17) is 0 Å². The first-order valence-corrected chi connectivity index (χ1v) is 9.61. The van der Waals surface area contributed by atoms with Crippen LogP contribution in [0.25, 0.3) is 10.9 Å². The highest BCUT2D eigenvalue weighted by molar-refractivity contribution is 5.90. The van der Waals surface area contributed by atoms with Gasteiger partial charge in [-0.25, -0.2) is 0 Å². The number of benzene rings is 2. The first-order valence-electron chi connectivity index (χ1n) is 9.61. The highest BCUT2D eigenvalue weighted by atomic mass is 16.4. The number of carboxylic acid groups (broad SMARTS) is 2. The molecule has 29 heavy (non-hydrogen) atoms. The van der Waals surface area contributed by atoms with Crippen LogP contribution in [0.15, 0.2) is 60.8 Å². The fraction of sp³-hybridized carbons (Fsp3) is 0.273. The number of carbonyl (C=O) groups is 2. The Labute approximate surface area is 168 Å². The molecule has 0 spiro atoms. The first kappa shape index (κ1) is 19.0. The number of carboxylic acids is 2. The van der Waals surface area contributed by atoms with Crippen molar-refractivity contribution in [2.45, 2.75) is 12.6 Å². The molecule has 7 heteroatoms. The Morgan fingerprint density at radius 1 is 0.897 bits per heavy atom. The Morgan fingerprint density at radius 3 is 2.21 bits per heavy atom. The van der Waals surface area contributed by atoms with Crippen LogP contribution in [0.3, 0.4) is 0 Å². The molecule has 0 saturated carbocycles. The number of anilines is 1. The van der Waals surface area contributed by atoms with Crippen LogP contribution >= 0.6 is 0 Å². The lowest BCUT2D eigenvalue weighted by Gasteiger charge is -2.38. The molecule has 3 aromatic rings. The van der Waals surface area contributed by atoms with Crippen molar-refractivity contribution in [3.05, 3.63) is 66.4 Å². The van der Waals surface area contributed by atoms with Crippen molar-refractivity contribution in [2.24, 2.45) is 0 Å². The summed E-state index contributed by atoms with van der Waals surface area (Å²) in [6, 6.07) is 16.7. The summed E-state index contributed by atoms with van der Waals surface area (Å²) < 4.78 is 1.61. The van der Waals surface area contributed by atoms with Crippen molar-refractivity contribution in [2.75, 3.05) is 31.1 Å². The van der Waals surface area contributed by atoms with Crippen molar-refractivity contribution >= 4 is 28.5 Å². The van der Waals surface area contributed by atoms with E-state index in [1.807, 2.05) is 47.4 Å². The number of piperazine rings is 1. The Kier molecular flexibility index (Phi) is 5.22. The fourth-order valence-corrected chi connectivity index (χ4v) is 4.13. The van der Waals surface area contributed by atoms with E-state index in [-0.39, 0.29) is 6.54 Å². The molecule has 150 valence electrons. The number of rotatable bonds is 6. The SMILES string of the molecule is O=C(O)Cn1cc([C@H](C(=O)O)N2CCN(c3ccccc3)CC2)c2ccccc21. The van der Waals surface area contributed by atoms with Gasteiger partial charge in [0.15, 0.2) is 0 Å². The molecule has 1 saturated heterocycles. The lowest BCUT2D eigenvalue weighted by molar-refractivity contribution is -0.143. The van der Waals surface area contributed by atoms with Crippen LogP contribution in [0.2, 0.25) is 0 Å². The van der Waals surface area contributed by atoms with Gasteiger partial charge in [-0.3, -0.25) is 14.5 Å². The number of aromatic nitrogens is 1. The molecule has 0 bridgehead atoms. The van der Waals surface area contributed by atoms with Crippen LogP contribution in [0.1, 0.15) is 11.6 Å². The summed E-state index contributed by atoms with van der Waals surface area (Å²) in [5.41, 5.74) is 2.51. The number of nitrogens with zero attached hydrogens (tertiary/aromatic N) is 3. The molecule has 7 nitrogen and oxygen atoms in total. The molecule has 1 aliphatic rings. The van der Waals surface area contributed by atoms with Crippen molar-refractivity contribution in [1.82, 2.24) is 9.47 Å². The minimum atomic E-state index is -0.958. The lowest BCUT2D eigenvalue weighted by atomic mass is 10.0. The van der Waals surface area contributed by atoms with Crippen LogP contribution in [-0.2, 0) is 16.1 Å². The zero-order chi connectivity index (χ0) is 20.4. The summed E-state index contributed by atoms with van der Waals surface area (Å²) in [4.78, 5) is 27.7. The second-order valence-electron chi connectivity index (χ2n) is 7.22. The van der Waals surface area contributed by atoms with E-state index in [1.54, 1.807) is 10.8 Å². The fourth-order valence-electron chi connectivity index (χ4n) is 4.13. The van der Waals surface area contributed by atoms with E-state index in [9.17, 15) is 19.8 Å². The van der Waals surface area contributed by atoms with Gasteiger partial charge in [-0.05, 0) is 18.2 Å². The normalized spacial score (nSPS) is 16.1. The summed E-state index contributed by atoms with van der Waals surface area (Å²) >= 11 is 0. The van der Waals surface area contributed by atoms with Gasteiger partial charge in [-0.15, -0.1) is 0 Å². The van der Waals surface area contributed by atoms with Gasteiger partial charge in [0.2, 0.25) is 0 Å². The molecule has 0 radical (unpaired) electrons. The summed E-state index contributed by atoms with van der Waals surface area (Å²) in [5.74, 6) is -1.88. The summed E-state index contributed by atoms with van der Waals surface area (Å²) in [6.45, 7) is 2.51. The second kappa shape index (κ2) is 7.97. The van der Waals surface area contributed by atoms with E-state index in [0.29, 0.717) is 18.7 Å². The van der Waals surface area contributed by atoms with Gasteiger partial charge in [0.05, 0.1) is 0 Å². The molecule has 2 heterocycles. The molecule has 1 atom stereocenters. The van der Waals surface area contributed by atoms with Crippen LogP contribution < -0.4 is 4.90 Å². The van der Waals surface area contributed by atoms with Crippen LogP contribution in [0.4, 0.5) is 5.69 Å². The molecule has 0 aliphatic carbocycles. The zero-order valence-corrected chi connectivity index (χ0v) is 15.9. The van der Waals surface area contributed by atoms with Gasteiger partial charge in [0.1, 0.15) is 12.6 Å². The van der Waals surface area contributed by atoms with Gasteiger partial charge < -0.3 is 19.7 Å². The van der Waals surface area contributed by atoms with E-state index in [2.05, 4.69) is 17.0 Å². The first-order chi connectivity index (χ1) is 14.0. The van der Waals surface area contributed by atoms with E-state index in [0.717, 1.165) is 29.7 Å². The standard InChI is InChI=1S/C22H23N3O4/c26-20(27)15-25-14-18(17-8-4-5-9-19(17)25)21(22(28)29)24-12-10-23(11-13-24)16-6-2-1-3-7-16/h1-9,14,21H,10-13,15H2,(H,26,27)(H,28,29)/t21-/m1/s1. The molecule has 1 fully saturated rings. The Balaban J connectivity index is 1.62. The maximum Gasteiger partial charge on any atom is 0.325 e. The molecule has 0 unspecified atom stereocenters. The summed E-state index contributed by atoms with van der Waals surface area (Å²) in [6.07, 6.45) is 1.68. The van der Waals surface area contributed by atoms with Gasteiger partial charge >= 0.3 is 11.9 Å². The van der Waals surface area contributed by atoms with Crippen molar-refractivity contribution in [3.63, 3.8) is 0 Å².